The molecular formula is C28H31N3O2. The van der Waals surface area contributed by atoms with Crippen molar-refractivity contribution in [3.8, 4) is 11.1 Å². The molecule has 4 rings (SSSR count). The molecule has 3 aromatic rings. The fourth-order valence-electron chi connectivity index (χ4n) is 4.78. The van der Waals surface area contributed by atoms with Crippen molar-refractivity contribution in [2.24, 2.45) is 11.1 Å². The van der Waals surface area contributed by atoms with Gasteiger partial charge < -0.3 is 10.6 Å². The number of hydrogen-bond donors (Lipinski definition) is 1. The zero-order valence-electron chi connectivity index (χ0n) is 19.3. The van der Waals surface area contributed by atoms with Crippen molar-refractivity contribution in [3.63, 3.8) is 0 Å². The van der Waals surface area contributed by atoms with Crippen LogP contribution in [0.3, 0.4) is 0 Å². The predicted molar refractivity (Wildman–Crippen MR) is 130 cm³/mol. The monoisotopic (exact) mass is 441 g/mol. The second-order valence-electron chi connectivity index (χ2n) is 9.18. The molecule has 1 fully saturated rings. The summed E-state index contributed by atoms with van der Waals surface area (Å²) >= 11 is 0. The molecule has 1 aliphatic rings. The van der Waals surface area contributed by atoms with Gasteiger partial charge in [0.15, 0.2) is 0 Å². The molecule has 2 amide bonds. The summed E-state index contributed by atoms with van der Waals surface area (Å²) < 4.78 is 0. The lowest BCUT2D eigenvalue weighted by atomic mass is 9.72. The Hall–Kier alpha value is -3.47. The number of likely N-dealkylation sites (tertiary alicyclic amines) is 1. The van der Waals surface area contributed by atoms with E-state index in [1.165, 1.54) is 5.56 Å². The third kappa shape index (κ3) is 4.82. The molecule has 5 nitrogen and oxygen atoms in total. The van der Waals surface area contributed by atoms with E-state index < -0.39 is 5.41 Å². The molecular weight excluding hydrogens is 410 g/mol. The lowest BCUT2D eigenvalue weighted by Gasteiger charge is -2.41. The van der Waals surface area contributed by atoms with Crippen LogP contribution in [0.15, 0.2) is 73.1 Å². The average Bonchev–Trinajstić information content (AvgIpc) is 2.85. The van der Waals surface area contributed by atoms with Gasteiger partial charge in [-0.15, -0.1) is 0 Å². The standard InChI is InChI=1S/C28H31N3O2/c1-20-9-11-22(12-10-20)21(2)26(32)31-16-13-28(14-17-31,27(29)33)18-23-6-3-4-8-25(23)24-7-5-15-30-19-24/h3-12,15,19,21H,13-14,16-18H2,1-2H3,(H2,29,33). The number of nitrogens with two attached hydrogens (primary N) is 1. The van der Waals surface area contributed by atoms with Gasteiger partial charge in [-0.25, -0.2) is 0 Å². The second-order valence-corrected chi connectivity index (χ2v) is 9.18. The summed E-state index contributed by atoms with van der Waals surface area (Å²) in [5, 5.41) is 0. The van der Waals surface area contributed by atoms with Crippen LogP contribution in [0.2, 0.25) is 0 Å². The normalized spacial score (nSPS) is 16.2. The summed E-state index contributed by atoms with van der Waals surface area (Å²) in [5.41, 5.74) is 10.7. The number of hydrogen-bond acceptors (Lipinski definition) is 3. The van der Waals surface area contributed by atoms with E-state index in [1.54, 1.807) is 6.20 Å². The van der Waals surface area contributed by atoms with Crippen LogP contribution in [0, 0.1) is 12.3 Å². The molecule has 2 N–H and O–H groups in total. The first-order chi connectivity index (χ1) is 15.9. The zero-order chi connectivity index (χ0) is 23.4. The number of benzene rings is 2. The van der Waals surface area contributed by atoms with E-state index in [9.17, 15) is 9.59 Å². The molecule has 0 bridgehead atoms. The molecule has 1 atom stereocenters. The maximum absolute atomic E-state index is 13.2. The fraction of sp³-hybridized carbons (Fsp3) is 0.321. The van der Waals surface area contributed by atoms with Gasteiger partial charge in [-0.05, 0) is 55.9 Å². The Bertz CT molecular complexity index is 1120. The van der Waals surface area contributed by atoms with Gasteiger partial charge in [0.1, 0.15) is 0 Å². The Balaban J connectivity index is 1.51. The minimum absolute atomic E-state index is 0.104. The average molecular weight is 442 g/mol. The molecule has 1 unspecified atom stereocenters. The van der Waals surface area contributed by atoms with Crippen LogP contribution in [0.1, 0.15) is 42.4 Å². The highest BCUT2D eigenvalue weighted by Crippen LogP contribution is 2.38. The van der Waals surface area contributed by atoms with Crippen LogP contribution in [0.4, 0.5) is 0 Å². The number of piperidine rings is 1. The van der Waals surface area contributed by atoms with Gasteiger partial charge in [0, 0.05) is 31.0 Å². The summed E-state index contributed by atoms with van der Waals surface area (Å²) in [6, 6.07) is 20.1. The summed E-state index contributed by atoms with van der Waals surface area (Å²) in [6.45, 7) is 5.06. The Morgan fingerprint density at radius 1 is 1.03 bits per heavy atom. The van der Waals surface area contributed by atoms with E-state index >= 15 is 0 Å². The van der Waals surface area contributed by atoms with Crippen molar-refractivity contribution >= 4 is 11.8 Å². The number of pyridine rings is 1. The summed E-state index contributed by atoms with van der Waals surface area (Å²) in [7, 11) is 0. The van der Waals surface area contributed by atoms with Crippen LogP contribution in [0.5, 0.6) is 0 Å². The number of aromatic nitrogens is 1. The highest BCUT2D eigenvalue weighted by atomic mass is 16.2. The second kappa shape index (κ2) is 9.57. The minimum Gasteiger partial charge on any atom is -0.369 e. The van der Waals surface area contributed by atoms with Gasteiger partial charge in [0.2, 0.25) is 11.8 Å². The van der Waals surface area contributed by atoms with Crippen molar-refractivity contribution < 1.29 is 9.59 Å². The van der Waals surface area contributed by atoms with E-state index in [4.69, 9.17) is 5.73 Å². The van der Waals surface area contributed by atoms with Crippen LogP contribution >= 0.6 is 0 Å². The first-order valence-electron chi connectivity index (χ1n) is 11.5. The highest BCUT2D eigenvalue weighted by molar-refractivity contribution is 5.85. The maximum Gasteiger partial charge on any atom is 0.229 e. The molecule has 2 heterocycles. The topological polar surface area (TPSA) is 76.3 Å². The van der Waals surface area contributed by atoms with E-state index in [1.807, 2.05) is 73.5 Å². The minimum atomic E-state index is -0.664. The number of amides is 2. The van der Waals surface area contributed by atoms with Crippen LogP contribution in [0.25, 0.3) is 11.1 Å². The van der Waals surface area contributed by atoms with Gasteiger partial charge in [0.25, 0.3) is 0 Å². The molecule has 2 aromatic carbocycles. The van der Waals surface area contributed by atoms with E-state index in [0.717, 1.165) is 22.3 Å². The molecule has 170 valence electrons. The van der Waals surface area contributed by atoms with Gasteiger partial charge in [-0.2, -0.15) is 0 Å². The smallest absolute Gasteiger partial charge is 0.229 e. The lowest BCUT2D eigenvalue weighted by Crippen LogP contribution is -2.50. The number of nitrogens with zero attached hydrogens (tertiary/aromatic N) is 2. The molecule has 1 saturated heterocycles. The Morgan fingerprint density at radius 2 is 1.73 bits per heavy atom. The molecule has 1 aromatic heterocycles. The van der Waals surface area contributed by atoms with Crippen LogP contribution in [-0.4, -0.2) is 34.8 Å². The Kier molecular flexibility index (Phi) is 6.59. The van der Waals surface area contributed by atoms with Crippen LogP contribution in [-0.2, 0) is 16.0 Å². The van der Waals surface area contributed by atoms with E-state index in [0.29, 0.717) is 32.4 Å². The van der Waals surface area contributed by atoms with Crippen molar-refractivity contribution in [2.75, 3.05) is 13.1 Å². The molecule has 33 heavy (non-hydrogen) atoms. The lowest BCUT2D eigenvalue weighted by molar-refractivity contribution is -0.139. The van der Waals surface area contributed by atoms with Gasteiger partial charge in [-0.1, -0.05) is 60.2 Å². The number of aryl methyl sites for hydroxylation is 1. The molecule has 1 aliphatic heterocycles. The van der Waals surface area contributed by atoms with Crippen molar-refractivity contribution in [3.05, 3.63) is 89.7 Å². The van der Waals surface area contributed by atoms with E-state index in [-0.39, 0.29) is 17.7 Å². The summed E-state index contributed by atoms with van der Waals surface area (Å²) in [5.74, 6) is -0.396. The Morgan fingerprint density at radius 3 is 2.36 bits per heavy atom. The molecule has 0 radical (unpaired) electrons. The number of carbonyl (C=O) groups excluding carboxylic acids is 2. The van der Waals surface area contributed by atoms with E-state index in [2.05, 4.69) is 17.1 Å². The van der Waals surface area contributed by atoms with Gasteiger partial charge >= 0.3 is 0 Å². The third-order valence-electron chi connectivity index (χ3n) is 7.02. The molecule has 0 aliphatic carbocycles. The van der Waals surface area contributed by atoms with Gasteiger partial charge in [0.05, 0.1) is 11.3 Å². The third-order valence-corrected chi connectivity index (χ3v) is 7.02. The van der Waals surface area contributed by atoms with Crippen molar-refractivity contribution in [2.45, 2.75) is 39.0 Å². The number of rotatable bonds is 6. The molecule has 5 heteroatoms. The predicted octanol–water partition coefficient (Wildman–Crippen LogP) is 4.50. The largest absolute Gasteiger partial charge is 0.369 e. The SMILES string of the molecule is Cc1ccc(C(C)C(=O)N2CCC(Cc3ccccc3-c3cccnc3)(C(N)=O)CC2)cc1. The highest BCUT2D eigenvalue weighted by Gasteiger charge is 2.42. The van der Waals surface area contributed by atoms with Gasteiger partial charge in [-0.3, -0.25) is 14.6 Å². The molecule has 0 saturated carbocycles. The first-order valence-corrected chi connectivity index (χ1v) is 11.5. The summed E-state index contributed by atoms with van der Waals surface area (Å²) in [4.78, 5) is 32.0. The first kappa shape index (κ1) is 22.7. The summed E-state index contributed by atoms with van der Waals surface area (Å²) in [6.07, 6.45) is 5.28. The zero-order valence-corrected chi connectivity index (χ0v) is 19.3. The Labute approximate surface area is 195 Å². The quantitative estimate of drug-likeness (QED) is 0.612. The number of carbonyl (C=O) groups is 2. The fourth-order valence-corrected chi connectivity index (χ4v) is 4.78. The van der Waals surface area contributed by atoms with Crippen molar-refractivity contribution in [1.82, 2.24) is 9.88 Å². The maximum atomic E-state index is 13.2. The van der Waals surface area contributed by atoms with Crippen LogP contribution < -0.4 is 5.73 Å². The number of primary amides is 1. The molecule has 0 spiro atoms. The van der Waals surface area contributed by atoms with Crippen molar-refractivity contribution in [1.29, 1.82) is 0 Å².